The standard InChI is InChI=1S/C18H13N5O2S/c19-14(24)10-26-18-20-13-9-5-4-8-12(13)16-21-17(25)15(22-23(16)18)11-6-2-1-3-7-11/h1-9H,10H2,(H2,19,24). The molecule has 0 radical (unpaired) electrons. The molecule has 2 N–H and O–H groups in total. The predicted octanol–water partition coefficient (Wildman–Crippen LogP) is 1.88. The van der Waals surface area contributed by atoms with Crippen molar-refractivity contribution in [3.05, 3.63) is 65.0 Å². The minimum absolute atomic E-state index is 0.0505. The van der Waals surface area contributed by atoms with Gasteiger partial charge in [0.2, 0.25) is 5.91 Å². The zero-order chi connectivity index (χ0) is 18.1. The van der Waals surface area contributed by atoms with Crippen molar-refractivity contribution in [1.29, 1.82) is 0 Å². The third kappa shape index (κ3) is 2.91. The van der Waals surface area contributed by atoms with Gasteiger partial charge < -0.3 is 5.73 Å². The Bertz CT molecular complexity index is 1190. The lowest BCUT2D eigenvalue weighted by Gasteiger charge is -2.10. The van der Waals surface area contributed by atoms with E-state index in [1.54, 1.807) is 12.1 Å². The van der Waals surface area contributed by atoms with Crippen LogP contribution in [0.5, 0.6) is 0 Å². The fraction of sp³-hybridized carbons (Fsp3) is 0.0556. The molecule has 26 heavy (non-hydrogen) atoms. The van der Waals surface area contributed by atoms with Crippen molar-refractivity contribution in [2.45, 2.75) is 5.16 Å². The summed E-state index contributed by atoms with van der Waals surface area (Å²) < 4.78 is 1.50. The summed E-state index contributed by atoms with van der Waals surface area (Å²) in [5.74, 6) is -0.412. The van der Waals surface area contributed by atoms with Gasteiger partial charge in [0.25, 0.3) is 5.56 Å². The first-order chi connectivity index (χ1) is 12.6. The van der Waals surface area contributed by atoms with Crippen LogP contribution in [0.3, 0.4) is 0 Å². The zero-order valence-electron chi connectivity index (χ0n) is 13.5. The van der Waals surface area contributed by atoms with Gasteiger partial charge in [-0.15, -0.1) is 0 Å². The maximum Gasteiger partial charge on any atom is 0.300 e. The van der Waals surface area contributed by atoms with Gasteiger partial charge >= 0.3 is 0 Å². The van der Waals surface area contributed by atoms with Crippen LogP contribution in [-0.4, -0.2) is 31.2 Å². The van der Waals surface area contributed by atoms with Gasteiger partial charge in [-0.05, 0) is 12.1 Å². The van der Waals surface area contributed by atoms with Gasteiger partial charge in [-0.3, -0.25) is 9.59 Å². The monoisotopic (exact) mass is 363 g/mol. The highest BCUT2D eigenvalue weighted by Gasteiger charge is 2.15. The van der Waals surface area contributed by atoms with Crippen molar-refractivity contribution in [3.8, 4) is 11.3 Å². The Labute approximate surface area is 151 Å². The van der Waals surface area contributed by atoms with Crippen LogP contribution in [0.2, 0.25) is 0 Å². The van der Waals surface area contributed by atoms with E-state index in [4.69, 9.17) is 5.73 Å². The van der Waals surface area contributed by atoms with Crippen molar-refractivity contribution < 1.29 is 4.79 Å². The van der Waals surface area contributed by atoms with E-state index in [1.807, 2.05) is 42.5 Å². The highest BCUT2D eigenvalue weighted by Crippen LogP contribution is 2.23. The topological polar surface area (TPSA) is 103 Å². The van der Waals surface area contributed by atoms with Gasteiger partial charge in [-0.1, -0.05) is 54.2 Å². The fourth-order valence-corrected chi connectivity index (χ4v) is 3.30. The average molecular weight is 363 g/mol. The lowest BCUT2D eigenvalue weighted by Crippen LogP contribution is -2.19. The van der Waals surface area contributed by atoms with Crippen molar-refractivity contribution in [3.63, 3.8) is 0 Å². The van der Waals surface area contributed by atoms with Crippen LogP contribution in [0.15, 0.2) is 64.5 Å². The van der Waals surface area contributed by atoms with Crippen molar-refractivity contribution in [1.82, 2.24) is 19.6 Å². The van der Waals surface area contributed by atoms with Gasteiger partial charge in [0.05, 0.1) is 11.3 Å². The Morgan fingerprint density at radius 2 is 1.77 bits per heavy atom. The molecule has 0 saturated carbocycles. The maximum absolute atomic E-state index is 12.6. The van der Waals surface area contributed by atoms with Gasteiger partial charge in [-0.2, -0.15) is 14.6 Å². The largest absolute Gasteiger partial charge is 0.369 e. The van der Waals surface area contributed by atoms with E-state index < -0.39 is 11.5 Å². The Kier molecular flexibility index (Phi) is 4.10. The minimum Gasteiger partial charge on any atom is -0.369 e. The molecule has 128 valence electrons. The van der Waals surface area contributed by atoms with Crippen LogP contribution in [0.25, 0.3) is 27.8 Å². The lowest BCUT2D eigenvalue weighted by molar-refractivity contribution is -0.115. The predicted molar refractivity (Wildman–Crippen MR) is 99.9 cm³/mol. The van der Waals surface area contributed by atoms with E-state index in [0.717, 1.165) is 11.8 Å². The number of carbonyl (C=O) groups excluding carboxylic acids is 1. The summed E-state index contributed by atoms with van der Waals surface area (Å²) in [6, 6.07) is 16.4. The van der Waals surface area contributed by atoms with E-state index in [-0.39, 0.29) is 11.4 Å². The second-order valence-corrected chi connectivity index (χ2v) is 6.48. The summed E-state index contributed by atoms with van der Waals surface area (Å²) in [6.45, 7) is 0. The van der Waals surface area contributed by atoms with E-state index in [1.165, 1.54) is 4.52 Å². The molecule has 2 aromatic heterocycles. The lowest BCUT2D eigenvalue weighted by atomic mass is 10.2. The second-order valence-electron chi connectivity index (χ2n) is 5.53. The number of amides is 1. The van der Waals surface area contributed by atoms with Crippen LogP contribution >= 0.6 is 11.8 Å². The van der Waals surface area contributed by atoms with Gasteiger partial charge in [-0.25, -0.2) is 4.98 Å². The molecule has 2 aromatic carbocycles. The quantitative estimate of drug-likeness (QED) is 0.337. The number of hydrogen-bond donors (Lipinski definition) is 1. The van der Waals surface area contributed by atoms with Crippen LogP contribution < -0.4 is 11.3 Å². The first kappa shape index (κ1) is 16.2. The molecule has 0 atom stereocenters. The highest BCUT2D eigenvalue weighted by molar-refractivity contribution is 7.99. The Morgan fingerprint density at radius 1 is 1.04 bits per heavy atom. The number of nitrogens with zero attached hydrogens (tertiary/aromatic N) is 4. The molecule has 0 saturated heterocycles. The number of aromatic nitrogens is 4. The van der Waals surface area contributed by atoms with Crippen molar-refractivity contribution in [2.75, 3.05) is 5.75 Å². The summed E-state index contributed by atoms with van der Waals surface area (Å²) in [6.07, 6.45) is 0. The Balaban J connectivity index is 2.03. The van der Waals surface area contributed by atoms with E-state index in [9.17, 15) is 9.59 Å². The number of benzene rings is 2. The van der Waals surface area contributed by atoms with Crippen LogP contribution in [0.4, 0.5) is 0 Å². The van der Waals surface area contributed by atoms with Crippen LogP contribution in [0, 0.1) is 0 Å². The molecule has 0 bridgehead atoms. The van der Waals surface area contributed by atoms with Gasteiger partial charge in [0, 0.05) is 10.9 Å². The Hall–Kier alpha value is -3.26. The van der Waals surface area contributed by atoms with Crippen LogP contribution in [0.1, 0.15) is 0 Å². The number of carbonyl (C=O) groups is 1. The molecule has 0 fully saturated rings. The molecular formula is C18H13N5O2S. The van der Waals surface area contributed by atoms with Gasteiger partial charge in [0.1, 0.15) is 0 Å². The normalized spacial score (nSPS) is 11.1. The first-order valence-corrected chi connectivity index (χ1v) is 8.78. The first-order valence-electron chi connectivity index (χ1n) is 7.80. The molecule has 0 aliphatic rings. The number of nitrogens with two attached hydrogens (primary N) is 1. The van der Waals surface area contributed by atoms with E-state index in [0.29, 0.717) is 27.3 Å². The molecule has 0 aliphatic carbocycles. The fourth-order valence-electron chi connectivity index (χ4n) is 2.61. The molecule has 8 heteroatoms. The number of para-hydroxylation sites is 1. The average Bonchev–Trinajstić information content (AvgIpc) is 2.66. The second kappa shape index (κ2) is 6.57. The summed E-state index contributed by atoms with van der Waals surface area (Å²) in [4.78, 5) is 32.6. The number of primary amides is 1. The highest BCUT2D eigenvalue weighted by atomic mass is 32.2. The molecule has 7 nitrogen and oxygen atoms in total. The number of thioether (sulfide) groups is 1. The van der Waals surface area contributed by atoms with E-state index >= 15 is 0 Å². The molecule has 0 spiro atoms. The molecule has 0 aliphatic heterocycles. The van der Waals surface area contributed by atoms with Crippen LogP contribution in [-0.2, 0) is 4.79 Å². The SMILES string of the molecule is NC(=O)CSc1nc2ccccc2c2nc(=O)c(-c3ccccc3)nn12. The number of rotatable bonds is 4. The molecule has 0 unspecified atom stereocenters. The van der Waals surface area contributed by atoms with Gasteiger partial charge in [0.15, 0.2) is 16.5 Å². The summed E-state index contributed by atoms with van der Waals surface area (Å²) in [5.41, 5.74) is 6.79. The summed E-state index contributed by atoms with van der Waals surface area (Å²) in [7, 11) is 0. The third-order valence-electron chi connectivity index (χ3n) is 3.74. The molecule has 4 aromatic rings. The summed E-state index contributed by atoms with van der Waals surface area (Å²) >= 11 is 1.16. The van der Waals surface area contributed by atoms with E-state index in [2.05, 4.69) is 15.1 Å². The Morgan fingerprint density at radius 3 is 2.54 bits per heavy atom. The smallest absolute Gasteiger partial charge is 0.300 e. The zero-order valence-corrected chi connectivity index (χ0v) is 14.3. The van der Waals surface area contributed by atoms with Crippen molar-refractivity contribution in [2.24, 2.45) is 5.73 Å². The number of hydrogen-bond acceptors (Lipinski definition) is 6. The molecule has 1 amide bonds. The minimum atomic E-state index is -0.463. The summed E-state index contributed by atoms with van der Waals surface area (Å²) in [5, 5.41) is 5.63. The maximum atomic E-state index is 12.6. The molecule has 2 heterocycles. The third-order valence-corrected chi connectivity index (χ3v) is 4.69. The molecule has 4 rings (SSSR count). The number of fused-ring (bicyclic) bond motifs is 3. The molecular weight excluding hydrogens is 350 g/mol. The van der Waals surface area contributed by atoms with Crippen molar-refractivity contribution >= 4 is 34.2 Å².